The molecule has 1 saturated heterocycles. The average molecular weight is 344 g/mol. The van der Waals surface area contributed by atoms with Crippen LogP contribution in [0.4, 0.5) is 4.79 Å². The second-order valence-electron chi connectivity index (χ2n) is 6.04. The fourth-order valence-corrected chi connectivity index (χ4v) is 2.87. The van der Waals surface area contributed by atoms with Gasteiger partial charge < -0.3 is 25.2 Å². The lowest BCUT2D eigenvalue weighted by atomic mass is 10.1. The lowest BCUT2D eigenvalue weighted by Crippen LogP contribution is -2.55. The van der Waals surface area contributed by atoms with Crippen molar-refractivity contribution in [1.82, 2.24) is 20.1 Å². The molecule has 132 valence electrons. The number of rotatable bonds is 3. The molecule has 0 aliphatic carbocycles. The molecule has 0 saturated carbocycles. The van der Waals surface area contributed by atoms with Crippen molar-refractivity contribution in [2.24, 2.45) is 0 Å². The van der Waals surface area contributed by atoms with E-state index in [1.807, 2.05) is 24.3 Å². The number of nitrogens with zero attached hydrogens (tertiary/aromatic N) is 2. The number of benzene rings is 1. The van der Waals surface area contributed by atoms with E-state index in [9.17, 15) is 14.4 Å². The highest BCUT2D eigenvalue weighted by atomic mass is 16.4. The van der Waals surface area contributed by atoms with Gasteiger partial charge in [0, 0.05) is 43.3 Å². The lowest BCUT2D eigenvalue weighted by molar-refractivity contribution is -0.138. The molecule has 3 N–H and O–H groups in total. The first-order valence-corrected chi connectivity index (χ1v) is 8.11. The molecule has 0 spiro atoms. The molecule has 1 aromatic heterocycles. The van der Waals surface area contributed by atoms with E-state index in [-0.39, 0.29) is 5.91 Å². The molecule has 0 unspecified atom stereocenters. The van der Waals surface area contributed by atoms with Gasteiger partial charge in [0.2, 0.25) is 0 Å². The monoisotopic (exact) mass is 344 g/mol. The number of carbonyl (C=O) groups excluding carboxylic acids is 2. The molecule has 0 radical (unpaired) electrons. The third-order valence-electron chi connectivity index (χ3n) is 4.38. The molecular weight excluding hydrogens is 324 g/mol. The van der Waals surface area contributed by atoms with Gasteiger partial charge in [0.1, 0.15) is 6.04 Å². The van der Waals surface area contributed by atoms with Gasteiger partial charge in [-0.2, -0.15) is 0 Å². The number of urea groups is 1. The molecule has 1 fully saturated rings. The largest absolute Gasteiger partial charge is 0.480 e. The van der Waals surface area contributed by atoms with Crippen LogP contribution < -0.4 is 5.32 Å². The Morgan fingerprint density at radius 3 is 2.44 bits per heavy atom. The van der Waals surface area contributed by atoms with Gasteiger partial charge in [-0.05, 0) is 13.0 Å². The number of amides is 3. The van der Waals surface area contributed by atoms with Gasteiger partial charge >= 0.3 is 12.0 Å². The molecule has 1 aliphatic rings. The maximum Gasteiger partial charge on any atom is 0.325 e. The zero-order valence-electron chi connectivity index (χ0n) is 13.9. The highest BCUT2D eigenvalue weighted by Crippen LogP contribution is 2.20. The molecule has 3 rings (SSSR count). The Balaban J connectivity index is 1.61. The van der Waals surface area contributed by atoms with Crippen molar-refractivity contribution in [2.45, 2.75) is 13.0 Å². The van der Waals surface area contributed by atoms with Gasteiger partial charge in [-0.15, -0.1) is 0 Å². The Morgan fingerprint density at radius 2 is 1.76 bits per heavy atom. The summed E-state index contributed by atoms with van der Waals surface area (Å²) in [5.74, 6) is -1.15. The predicted molar refractivity (Wildman–Crippen MR) is 91.4 cm³/mol. The van der Waals surface area contributed by atoms with Gasteiger partial charge in [-0.25, -0.2) is 4.79 Å². The number of para-hydroxylation sites is 1. The van der Waals surface area contributed by atoms with Crippen molar-refractivity contribution in [1.29, 1.82) is 0 Å². The molecule has 2 heterocycles. The number of piperazine rings is 1. The minimum atomic E-state index is -1.08. The van der Waals surface area contributed by atoms with Crippen molar-refractivity contribution in [3.8, 4) is 0 Å². The standard InChI is InChI=1S/C17H20N4O4/c1-11(16(23)24)19-17(25)21-8-6-20(7-9-21)15(22)13-10-18-14-5-3-2-4-12(13)14/h2-5,10-11,18H,6-9H2,1H3,(H,19,25)(H,23,24)/t11-/m0/s1. The molecule has 0 bridgehead atoms. The summed E-state index contributed by atoms with van der Waals surface area (Å²) in [4.78, 5) is 41.9. The summed E-state index contributed by atoms with van der Waals surface area (Å²) >= 11 is 0. The second kappa shape index (κ2) is 6.84. The zero-order valence-corrected chi connectivity index (χ0v) is 13.9. The summed E-state index contributed by atoms with van der Waals surface area (Å²) in [7, 11) is 0. The first kappa shape index (κ1) is 16.8. The van der Waals surface area contributed by atoms with Crippen molar-refractivity contribution in [2.75, 3.05) is 26.2 Å². The first-order chi connectivity index (χ1) is 12.0. The van der Waals surface area contributed by atoms with E-state index in [4.69, 9.17) is 5.11 Å². The smallest absolute Gasteiger partial charge is 0.325 e. The summed E-state index contributed by atoms with van der Waals surface area (Å²) < 4.78 is 0. The molecule has 1 atom stereocenters. The van der Waals surface area contributed by atoms with Crippen LogP contribution in [-0.4, -0.2) is 70.0 Å². The summed E-state index contributed by atoms with van der Waals surface area (Å²) in [6.07, 6.45) is 1.71. The number of hydrogen-bond acceptors (Lipinski definition) is 3. The van der Waals surface area contributed by atoms with Gasteiger partial charge in [0.05, 0.1) is 5.56 Å². The van der Waals surface area contributed by atoms with Gasteiger partial charge in [-0.1, -0.05) is 18.2 Å². The molecule has 3 amide bonds. The fourth-order valence-electron chi connectivity index (χ4n) is 2.87. The number of carbonyl (C=O) groups is 3. The number of carboxylic acid groups (broad SMARTS) is 1. The first-order valence-electron chi connectivity index (χ1n) is 8.11. The highest BCUT2D eigenvalue weighted by Gasteiger charge is 2.27. The van der Waals surface area contributed by atoms with E-state index < -0.39 is 18.0 Å². The average Bonchev–Trinajstić information content (AvgIpc) is 3.05. The van der Waals surface area contributed by atoms with E-state index in [2.05, 4.69) is 10.3 Å². The van der Waals surface area contributed by atoms with Crippen LogP contribution in [0, 0.1) is 0 Å². The minimum absolute atomic E-state index is 0.0728. The Bertz CT molecular complexity index is 808. The Morgan fingerprint density at radius 1 is 1.12 bits per heavy atom. The van der Waals surface area contributed by atoms with E-state index in [1.165, 1.54) is 11.8 Å². The molecular formula is C17H20N4O4. The number of aromatic amines is 1. The van der Waals surface area contributed by atoms with Crippen LogP contribution in [-0.2, 0) is 4.79 Å². The summed E-state index contributed by atoms with van der Waals surface area (Å²) in [5.41, 5.74) is 1.53. The number of aliphatic carboxylic acids is 1. The lowest BCUT2D eigenvalue weighted by Gasteiger charge is -2.35. The van der Waals surface area contributed by atoms with Crippen LogP contribution >= 0.6 is 0 Å². The van der Waals surface area contributed by atoms with Gasteiger partial charge in [0.25, 0.3) is 5.91 Å². The fraction of sp³-hybridized carbons (Fsp3) is 0.353. The van der Waals surface area contributed by atoms with Crippen LogP contribution in [0.25, 0.3) is 10.9 Å². The number of nitrogens with one attached hydrogen (secondary N) is 2. The number of H-pyrrole nitrogens is 1. The predicted octanol–water partition coefficient (Wildman–Crippen LogP) is 1.11. The molecule has 8 heteroatoms. The SMILES string of the molecule is C[C@H](NC(=O)N1CCN(C(=O)c2c[nH]c3ccccc23)CC1)C(=O)O. The topological polar surface area (TPSA) is 106 Å². The van der Waals surface area contributed by atoms with Crippen LogP contribution in [0.15, 0.2) is 30.5 Å². The molecule has 1 aromatic carbocycles. The quantitative estimate of drug-likeness (QED) is 0.775. The van der Waals surface area contributed by atoms with Crippen LogP contribution in [0.1, 0.15) is 17.3 Å². The van der Waals surface area contributed by atoms with Gasteiger partial charge in [-0.3, -0.25) is 9.59 Å². The minimum Gasteiger partial charge on any atom is -0.480 e. The van der Waals surface area contributed by atoms with Crippen molar-refractivity contribution >= 4 is 28.8 Å². The van der Waals surface area contributed by atoms with Crippen LogP contribution in [0.5, 0.6) is 0 Å². The summed E-state index contributed by atoms with van der Waals surface area (Å²) in [6, 6.07) is 6.24. The summed E-state index contributed by atoms with van der Waals surface area (Å²) in [5, 5.41) is 12.1. The van der Waals surface area contributed by atoms with E-state index in [0.29, 0.717) is 31.7 Å². The molecule has 25 heavy (non-hydrogen) atoms. The van der Waals surface area contributed by atoms with Gasteiger partial charge in [0.15, 0.2) is 0 Å². The van der Waals surface area contributed by atoms with Crippen LogP contribution in [0.3, 0.4) is 0 Å². The Hall–Kier alpha value is -3.03. The normalized spacial score (nSPS) is 15.9. The van der Waals surface area contributed by atoms with Crippen molar-refractivity contribution in [3.63, 3.8) is 0 Å². The van der Waals surface area contributed by atoms with E-state index in [0.717, 1.165) is 10.9 Å². The van der Waals surface area contributed by atoms with Crippen molar-refractivity contribution < 1.29 is 19.5 Å². The maximum atomic E-state index is 12.7. The Kier molecular flexibility index (Phi) is 4.60. The number of hydrogen-bond donors (Lipinski definition) is 3. The van der Waals surface area contributed by atoms with Crippen LogP contribution in [0.2, 0.25) is 0 Å². The van der Waals surface area contributed by atoms with E-state index in [1.54, 1.807) is 11.1 Å². The number of fused-ring (bicyclic) bond motifs is 1. The highest BCUT2D eigenvalue weighted by molar-refractivity contribution is 6.06. The second-order valence-corrected chi connectivity index (χ2v) is 6.04. The third kappa shape index (κ3) is 3.42. The van der Waals surface area contributed by atoms with E-state index >= 15 is 0 Å². The number of aromatic nitrogens is 1. The van der Waals surface area contributed by atoms with Crippen molar-refractivity contribution in [3.05, 3.63) is 36.0 Å². The molecule has 2 aromatic rings. The molecule has 1 aliphatic heterocycles. The zero-order chi connectivity index (χ0) is 18.0. The summed E-state index contributed by atoms with van der Waals surface area (Å²) in [6.45, 7) is 2.97. The maximum absolute atomic E-state index is 12.7. The number of carboxylic acids is 1. The third-order valence-corrected chi connectivity index (χ3v) is 4.38. The molecule has 8 nitrogen and oxygen atoms in total. The Labute approximate surface area is 144 Å².